The van der Waals surface area contributed by atoms with Gasteiger partial charge in [-0.2, -0.15) is 0 Å². The first-order chi connectivity index (χ1) is 12.8. The molecule has 2 aromatic rings. The zero-order valence-electron chi connectivity index (χ0n) is 15.6. The number of fused-ring (bicyclic) bond motifs is 1. The molecule has 142 valence electrons. The molecule has 3 rings (SSSR count). The number of esters is 1. The molecule has 0 spiro atoms. The molecule has 1 aromatic carbocycles. The van der Waals surface area contributed by atoms with Crippen LogP contribution in [0.2, 0.25) is 0 Å². The number of aryl methyl sites for hydroxylation is 1. The number of anilines is 1. The average Bonchev–Trinajstić information content (AvgIpc) is 3.15. The Hall–Kier alpha value is -2.74. The van der Waals surface area contributed by atoms with E-state index < -0.39 is 12.0 Å². The smallest absolute Gasteiger partial charge is 0.357 e. The Balaban J connectivity index is 1.82. The van der Waals surface area contributed by atoms with Crippen LogP contribution in [0.15, 0.2) is 24.3 Å². The summed E-state index contributed by atoms with van der Waals surface area (Å²) in [5, 5.41) is 3.07. The number of aromatic nitrogens is 1. The van der Waals surface area contributed by atoms with Gasteiger partial charge in [0.05, 0.1) is 7.11 Å². The van der Waals surface area contributed by atoms with Crippen molar-refractivity contribution in [2.75, 3.05) is 12.4 Å². The topological polar surface area (TPSA) is 88.6 Å². The van der Waals surface area contributed by atoms with Gasteiger partial charge < -0.3 is 15.0 Å². The summed E-state index contributed by atoms with van der Waals surface area (Å²) in [5.74, 6) is -1.11. The van der Waals surface area contributed by atoms with Crippen LogP contribution in [0.4, 0.5) is 5.13 Å². The van der Waals surface area contributed by atoms with Crippen LogP contribution in [0.25, 0.3) is 0 Å². The van der Waals surface area contributed by atoms with Crippen molar-refractivity contribution in [3.63, 3.8) is 0 Å². The first kappa shape index (κ1) is 19.0. The van der Waals surface area contributed by atoms with E-state index in [1.807, 2.05) is 32.0 Å². The number of nitrogens with zero attached hydrogens (tertiary/aromatic N) is 2. The van der Waals surface area contributed by atoms with Crippen molar-refractivity contribution in [2.24, 2.45) is 5.92 Å². The van der Waals surface area contributed by atoms with Crippen molar-refractivity contribution in [3.05, 3.63) is 46.0 Å². The third-order valence-corrected chi connectivity index (χ3v) is 5.38. The van der Waals surface area contributed by atoms with E-state index in [0.717, 1.165) is 5.56 Å². The number of benzene rings is 1. The van der Waals surface area contributed by atoms with Crippen LogP contribution < -0.4 is 5.32 Å². The van der Waals surface area contributed by atoms with Gasteiger partial charge in [0, 0.05) is 17.0 Å². The number of amides is 2. The van der Waals surface area contributed by atoms with Crippen LogP contribution in [-0.2, 0) is 16.1 Å². The number of hydrogen-bond donors (Lipinski definition) is 1. The van der Waals surface area contributed by atoms with Crippen LogP contribution in [0, 0.1) is 12.8 Å². The minimum absolute atomic E-state index is 0.0931. The van der Waals surface area contributed by atoms with E-state index in [2.05, 4.69) is 10.3 Å². The first-order valence-electron chi connectivity index (χ1n) is 8.59. The van der Waals surface area contributed by atoms with Crippen molar-refractivity contribution in [3.8, 4) is 0 Å². The Morgan fingerprint density at radius 3 is 2.63 bits per heavy atom. The van der Waals surface area contributed by atoms with Crippen molar-refractivity contribution in [2.45, 2.75) is 33.4 Å². The van der Waals surface area contributed by atoms with Gasteiger partial charge in [-0.05, 0) is 24.5 Å². The lowest BCUT2D eigenvalue weighted by molar-refractivity contribution is -0.122. The van der Waals surface area contributed by atoms with Gasteiger partial charge in [-0.3, -0.25) is 9.59 Å². The van der Waals surface area contributed by atoms with Gasteiger partial charge in [0.2, 0.25) is 5.91 Å². The van der Waals surface area contributed by atoms with Crippen molar-refractivity contribution < 1.29 is 19.1 Å². The van der Waals surface area contributed by atoms with Crippen LogP contribution in [0.3, 0.4) is 0 Å². The maximum atomic E-state index is 12.9. The molecular formula is C19H21N3O4S. The van der Waals surface area contributed by atoms with Gasteiger partial charge in [-0.25, -0.2) is 9.78 Å². The minimum atomic E-state index is -0.643. The zero-order chi connectivity index (χ0) is 19.7. The molecule has 8 heteroatoms. The fourth-order valence-corrected chi connectivity index (χ4v) is 4.03. The van der Waals surface area contributed by atoms with Crippen molar-refractivity contribution in [1.82, 2.24) is 9.88 Å². The second-order valence-electron chi connectivity index (χ2n) is 6.68. The fourth-order valence-electron chi connectivity index (χ4n) is 3.22. The van der Waals surface area contributed by atoms with E-state index in [1.54, 1.807) is 17.9 Å². The summed E-state index contributed by atoms with van der Waals surface area (Å²) >= 11 is 1.20. The summed E-state index contributed by atoms with van der Waals surface area (Å²) in [4.78, 5) is 43.8. The van der Waals surface area contributed by atoms with E-state index >= 15 is 0 Å². The van der Waals surface area contributed by atoms with E-state index in [4.69, 9.17) is 4.74 Å². The van der Waals surface area contributed by atoms with Gasteiger partial charge in [0.1, 0.15) is 6.04 Å². The van der Waals surface area contributed by atoms with Gasteiger partial charge in [0.15, 0.2) is 10.8 Å². The Morgan fingerprint density at radius 2 is 2.00 bits per heavy atom. The molecule has 0 saturated carbocycles. The lowest BCUT2D eigenvalue weighted by atomic mass is 10.0. The second-order valence-corrected chi connectivity index (χ2v) is 7.89. The largest absolute Gasteiger partial charge is 0.464 e. The van der Waals surface area contributed by atoms with Crippen molar-refractivity contribution >= 4 is 34.3 Å². The third-order valence-electron chi connectivity index (χ3n) is 4.49. The molecule has 0 fully saturated rings. The molecule has 0 aliphatic carbocycles. The molecule has 1 N–H and O–H groups in total. The summed E-state index contributed by atoms with van der Waals surface area (Å²) in [5.41, 5.74) is 1.73. The molecule has 2 amide bonds. The minimum Gasteiger partial charge on any atom is -0.464 e. The summed E-state index contributed by atoms with van der Waals surface area (Å²) in [7, 11) is 1.28. The normalized spacial score (nSPS) is 14.3. The van der Waals surface area contributed by atoms with E-state index in [0.29, 0.717) is 22.1 Å². The number of methoxy groups -OCH3 is 1. The monoisotopic (exact) mass is 387 g/mol. The highest BCUT2D eigenvalue weighted by atomic mass is 32.1. The molecule has 1 aliphatic heterocycles. The van der Waals surface area contributed by atoms with Gasteiger partial charge in [-0.1, -0.05) is 32.0 Å². The Morgan fingerprint density at radius 1 is 1.30 bits per heavy atom. The maximum absolute atomic E-state index is 12.9. The summed E-state index contributed by atoms with van der Waals surface area (Å²) < 4.78 is 4.69. The summed E-state index contributed by atoms with van der Waals surface area (Å²) in [6.45, 7) is 5.93. The Bertz CT molecular complexity index is 906. The predicted octanol–water partition coefficient (Wildman–Crippen LogP) is 2.86. The first-order valence-corrected chi connectivity index (χ1v) is 9.40. The SMILES string of the molecule is COC(=O)c1nc(NC(=O)[C@@H](C(C)C)N2Cc3ccccc3C2=O)sc1C. The van der Waals surface area contributed by atoms with Crippen LogP contribution in [-0.4, -0.2) is 40.8 Å². The Labute approximate surface area is 161 Å². The van der Waals surface area contributed by atoms with Gasteiger partial charge in [0.25, 0.3) is 5.91 Å². The van der Waals surface area contributed by atoms with Crippen LogP contribution >= 0.6 is 11.3 Å². The molecule has 2 heterocycles. The maximum Gasteiger partial charge on any atom is 0.357 e. The number of carbonyl (C=O) groups is 3. The molecule has 1 aromatic heterocycles. The fraction of sp³-hybridized carbons (Fsp3) is 0.368. The van der Waals surface area contributed by atoms with E-state index in [9.17, 15) is 14.4 Å². The van der Waals surface area contributed by atoms with Gasteiger partial charge >= 0.3 is 5.97 Å². The molecule has 0 unspecified atom stereocenters. The quantitative estimate of drug-likeness (QED) is 0.797. The molecule has 27 heavy (non-hydrogen) atoms. The highest BCUT2D eigenvalue weighted by molar-refractivity contribution is 7.16. The predicted molar refractivity (Wildman–Crippen MR) is 102 cm³/mol. The average molecular weight is 387 g/mol. The number of rotatable bonds is 5. The lowest BCUT2D eigenvalue weighted by Gasteiger charge is -2.29. The standard InChI is InChI=1S/C19H21N3O4S/c1-10(2)15(22-9-12-7-5-6-8-13(12)17(22)24)16(23)21-19-20-14(11(3)27-19)18(25)26-4/h5-8,10,15H,9H2,1-4H3,(H,20,21,23)/t15-/m1/s1. The Kier molecular flexibility index (Phi) is 5.27. The van der Waals surface area contributed by atoms with E-state index in [-0.39, 0.29) is 23.4 Å². The summed E-state index contributed by atoms with van der Waals surface area (Å²) in [6.07, 6.45) is 0. The third kappa shape index (κ3) is 3.57. The number of carbonyl (C=O) groups excluding carboxylic acids is 3. The molecule has 0 saturated heterocycles. The molecule has 1 atom stereocenters. The summed E-state index contributed by atoms with van der Waals surface area (Å²) in [6, 6.07) is 6.73. The van der Waals surface area contributed by atoms with Crippen LogP contribution in [0.5, 0.6) is 0 Å². The van der Waals surface area contributed by atoms with E-state index in [1.165, 1.54) is 18.4 Å². The molecular weight excluding hydrogens is 366 g/mol. The highest BCUT2D eigenvalue weighted by Crippen LogP contribution is 2.29. The van der Waals surface area contributed by atoms with Crippen molar-refractivity contribution in [1.29, 1.82) is 0 Å². The number of thiazole rings is 1. The number of nitrogens with one attached hydrogen (secondary N) is 1. The van der Waals surface area contributed by atoms with Gasteiger partial charge in [-0.15, -0.1) is 11.3 Å². The molecule has 0 radical (unpaired) electrons. The lowest BCUT2D eigenvalue weighted by Crippen LogP contribution is -2.47. The zero-order valence-corrected chi connectivity index (χ0v) is 16.4. The highest BCUT2D eigenvalue weighted by Gasteiger charge is 2.38. The number of ether oxygens (including phenoxy) is 1. The van der Waals surface area contributed by atoms with Crippen LogP contribution in [0.1, 0.15) is 45.1 Å². The molecule has 7 nitrogen and oxygen atoms in total. The second kappa shape index (κ2) is 7.48. The number of hydrogen-bond acceptors (Lipinski definition) is 6. The molecule has 1 aliphatic rings. The molecule has 0 bridgehead atoms.